The molecule has 17 heavy (non-hydrogen) atoms. The first-order valence-electron chi connectivity index (χ1n) is 6.25. The van der Waals surface area contributed by atoms with Crippen LogP contribution in [-0.2, 0) is 19.9 Å². The third-order valence-electron chi connectivity index (χ3n) is 3.96. The Morgan fingerprint density at radius 2 is 2.18 bits per heavy atom. The Kier molecular flexibility index (Phi) is 3.38. The van der Waals surface area contributed by atoms with Crippen molar-refractivity contribution < 1.29 is 5.11 Å². The molecule has 0 saturated heterocycles. The van der Waals surface area contributed by atoms with E-state index in [0.717, 1.165) is 28.7 Å². The van der Waals surface area contributed by atoms with Crippen molar-refractivity contribution in [1.29, 1.82) is 0 Å². The van der Waals surface area contributed by atoms with Gasteiger partial charge in [0, 0.05) is 13.5 Å². The molecule has 1 N–H and O–H groups in total. The predicted octanol–water partition coefficient (Wildman–Crippen LogP) is 2.69. The Balaban J connectivity index is 2.11. The van der Waals surface area contributed by atoms with Crippen LogP contribution in [0, 0.1) is 11.3 Å². The van der Waals surface area contributed by atoms with Crippen molar-refractivity contribution in [3.05, 3.63) is 15.9 Å². The number of nitrogens with zero attached hydrogens (tertiary/aromatic N) is 2. The van der Waals surface area contributed by atoms with Crippen molar-refractivity contribution in [1.82, 2.24) is 9.78 Å². The molecule has 0 spiro atoms. The Morgan fingerprint density at radius 3 is 2.59 bits per heavy atom. The van der Waals surface area contributed by atoms with Crippen LogP contribution in [0.2, 0.25) is 0 Å². The fraction of sp³-hybridized carbons (Fsp3) is 0.769. The van der Waals surface area contributed by atoms with E-state index in [4.69, 9.17) is 0 Å². The summed E-state index contributed by atoms with van der Waals surface area (Å²) in [6.45, 7) is 6.53. The monoisotopic (exact) mass is 300 g/mol. The first-order valence-corrected chi connectivity index (χ1v) is 7.04. The number of rotatable bonds is 4. The van der Waals surface area contributed by atoms with E-state index in [0.29, 0.717) is 17.8 Å². The maximum absolute atomic E-state index is 10.2. The van der Waals surface area contributed by atoms with Gasteiger partial charge in [-0.25, -0.2) is 0 Å². The zero-order valence-corrected chi connectivity index (χ0v) is 12.6. The number of hydrogen-bond acceptors (Lipinski definition) is 2. The number of hydrogen-bond donors (Lipinski definition) is 1. The van der Waals surface area contributed by atoms with Crippen molar-refractivity contribution >= 4 is 15.9 Å². The maximum Gasteiger partial charge on any atom is 0.0766 e. The van der Waals surface area contributed by atoms with Crippen molar-refractivity contribution in [3.8, 4) is 0 Å². The van der Waals surface area contributed by atoms with Crippen molar-refractivity contribution in [3.63, 3.8) is 0 Å². The van der Waals surface area contributed by atoms with E-state index in [1.165, 1.54) is 0 Å². The van der Waals surface area contributed by atoms with Gasteiger partial charge in [-0.05, 0) is 40.1 Å². The molecule has 2 unspecified atom stereocenters. The number of halogens is 1. The van der Waals surface area contributed by atoms with Crippen LogP contribution in [0.25, 0.3) is 0 Å². The minimum Gasteiger partial charge on any atom is -0.392 e. The molecule has 96 valence electrons. The summed E-state index contributed by atoms with van der Waals surface area (Å²) in [4.78, 5) is 0. The number of aliphatic hydroxyl groups is 1. The molecule has 1 fully saturated rings. The van der Waals surface area contributed by atoms with Gasteiger partial charge >= 0.3 is 0 Å². The van der Waals surface area contributed by atoms with Gasteiger partial charge in [0.25, 0.3) is 0 Å². The number of aromatic nitrogens is 2. The van der Waals surface area contributed by atoms with E-state index < -0.39 is 0 Å². The average Bonchev–Trinajstić information content (AvgIpc) is 2.81. The fourth-order valence-electron chi connectivity index (χ4n) is 2.55. The van der Waals surface area contributed by atoms with Crippen LogP contribution >= 0.6 is 15.9 Å². The lowest BCUT2D eigenvalue weighted by Crippen LogP contribution is -2.18. The largest absolute Gasteiger partial charge is 0.392 e. The van der Waals surface area contributed by atoms with E-state index in [2.05, 4.69) is 41.8 Å². The summed E-state index contributed by atoms with van der Waals surface area (Å²) < 4.78 is 2.96. The highest BCUT2D eigenvalue weighted by Gasteiger charge is 2.49. The van der Waals surface area contributed by atoms with Crippen LogP contribution in [0.5, 0.6) is 0 Å². The van der Waals surface area contributed by atoms with Gasteiger partial charge in [-0.3, -0.25) is 4.68 Å². The molecule has 2 atom stereocenters. The van der Waals surface area contributed by atoms with E-state index in [9.17, 15) is 5.11 Å². The van der Waals surface area contributed by atoms with Crippen molar-refractivity contribution in [2.45, 2.75) is 46.1 Å². The Hall–Kier alpha value is -0.350. The molecule has 0 bridgehead atoms. The van der Waals surface area contributed by atoms with Gasteiger partial charge in [0.1, 0.15) is 0 Å². The molecule has 0 amide bonds. The smallest absolute Gasteiger partial charge is 0.0766 e. The molecule has 0 aliphatic heterocycles. The second-order valence-electron chi connectivity index (χ2n) is 5.76. The first kappa shape index (κ1) is 13.1. The fourth-order valence-corrected chi connectivity index (χ4v) is 3.32. The number of aliphatic hydroxyl groups excluding tert-OH is 1. The molecule has 0 radical (unpaired) electrons. The highest BCUT2D eigenvalue weighted by atomic mass is 79.9. The Morgan fingerprint density at radius 1 is 1.59 bits per heavy atom. The van der Waals surface area contributed by atoms with Gasteiger partial charge in [0.05, 0.1) is 22.0 Å². The summed E-state index contributed by atoms with van der Waals surface area (Å²) in [5.74, 6) is 0.439. The molecule has 4 heteroatoms. The molecular formula is C13H21BrN2O. The zero-order chi connectivity index (χ0) is 12.8. The molecule has 1 aliphatic rings. The third kappa shape index (κ3) is 2.43. The topological polar surface area (TPSA) is 38.0 Å². The van der Waals surface area contributed by atoms with Crippen LogP contribution in [0.1, 0.15) is 38.6 Å². The lowest BCUT2D eigenvalue weighted by molar-refractivity contribution is 0.134. The molecule has 1 aliphatic carbocycles. The molecule has 0 aromatic carbocycles. The highest BCUT2D eigenvalue weighted by Crippen LogP contribution is 2.54. The van der Waals surface area contributed by atoms with E-state index >= 15 is 0 Å². The van der Waals surface area contributed by atoms with Gasteiger partial charge in [0.15, 0.2) is 0 Å². The summed E-state index contributed by atoms with van der Waals surface area (Å²) in [5, 5.41) is 14.7. The van der Waals surface area contributed by atoms with Gasteiger partial charge in [-0.1, -0.05) is 20.8 Å². The summed E-state index contributed by atoms with van der Waals surface area (Å²) in [5.41, 5.74) is 2.50. The standard InChI is InChI=1S/C13H21BrN2O/c1-5-9-12(14)10(16(4)15-9)6-11(17)8-7-13(8,2)3/h8,11,17H,5-7H2,1-4H3. The van der Waals surface area contributed by atoms with Crippen molar-refractivity contribution in [2.24, 2.45) is 18.4 Å². The minimum absolute atomic E-state index is 0.249. The molecular weight excluding hydrogens is 280 g/mol. The molecule has 1 aromatic rings. The van der Waals surface area contributed by atoms with Crippen molar-refractivity contribution in [2.75, 3.05) is 0 Å². The molecule has 3 nitrogen and oxygen atoms in total. The summed E-state index contributed by atoms with van der Waals surface area (Å²) in [6, 6.07) is 0. The second-order valence-corrected chi connectivity index (χ2v) is 6.55. The van der Waals surface area contributed by atoms with E-state index in [1.54, 1.807) is 0 Å². The van der Waals surface area contributed by atoms with Gasteiger partial charge in [0.2, 0.25) is 0 Å². The third-order valence-corrected chi connectivity index (χ3v) is 4.87. The molecule has 1 heterocycles. The van der Waals surface area contributed by atoms with Gasteiger partial charge in [-0.2, -0.15) is 5.10 Å². The molecule has 1 saturated carbocycles. The normalized spacial score (nSPS) is 23.8. The average molecular weight is 301 g/mol. The highest BCUT2D eigenvalue weighted by molar-refractivity contribution is 9.10. The second kappa shape index (κ2) is 4.39. The molecule has 2 rings (SSSR count). The van der Waals surface area contributed by atoms with Crippen LogP contribution in [0.3, 0.4) is 0 Å². The van der Waals surface area contributed by atoms with Gasteiger partial charge < -0.3 is 5.11 Å². The first-order chi connectivity index (χ1) is 7.86. The van der Waals surface area contributed by atoms with Crippen LogP contribution in [0.4, 0.5) is 0 Å². The maximum atomic E-state index is 10.2. The molecule has 1 aromatic heterocycles. The van der Waals surface area contributed by atoms with Crippen LogP contribution in [0.15, 0.2) is 4.47 Å². The lowest BCUT2D eigenvalue weighted by Gasteiger charge is -2.12. The van der Waals surface area contributed by atoms with E-state index in [1.807, 2.05) is 11.7 Å². The van der Waals surface area contributed by atoms with E-state index in [-0.39, 0.29) is 6.10 Å². The Labute approximate surface area is 111 Å². The lowest BCUT2D eigenvalue weighted by atomic mass is 10.0. The zero-order valence-electron chi connectivity index (χ0n) is 11.0. The van der Waals surface area contributed by atoms with Crippen LogP contribution < -0.4 is 0 Å². The number of aryl methyl sites for hydroxylation is 2. The summed E-state index contributed by atoms with van der Waals surface area (Å²) >= 11 is 3.59. The SMILES string of the molecule is CCc1nn(C)c(CC(O)C2CC2(C)C)c1Br. The minimum atomic E-state index is -0.249. The summed E-state index contributed by atoms with van der Waals surface area (Å²) in [7, 11) is 1.95. The summed E-state index contributed by atoms with van der Waals surface area (Å²) in [6.07, 6.45) is 2.49. The van der Waals surface area contributed by atoms with Gasteiger partial charge in [-0.15, -0.1) is 0 Å². The predicted molar refractivity (Wildman–Crippen MR) is 71.9 cm³/mol. The van der Waals surface area contributed by atoms with Crippen LogP contribution in [-0.4, -0.2) is 21.0 Å². The Bertz CT molecular complexity index is 425. The quantitative estimate of drug-likeness (QED) is 0.928.